The van der Waals surface area contributed by atoms with Crippen LogP contribution in [0.1, 0.15) is 0 Å². The molecule has 0 fully saturated rings. The molecule has 0 aliphatic rings. The summed E-state index contributed by atoms with van der Waals surface area (Å²) in [6, 6.07) is 24.6. The highest BCUT2D eigenvalue weighted by Crippen LogP contribution is 2.36. The highest BCUT2D eigenvalue weighted by molar-refractivity contribution is 14.1. The minimum absolute atomic E-state index is 1.31. The summed E-state index contributed by atoms with van der Waals surface area (Å²) in [5.41, 5.74) is 0. The third-order valence-electron chi connectivity index (χ3n) is 4.35. The van der Waals surface area contributed by atoms with Gasteiger partial charge in [0.25, 0.3) is 0 Å². The average Bonchev–Trinajstić information content (AvgIpc) is 2.93. The molecule has 0 saturated heterocycles. The number of thiophene rings is 1. The Morgan fingerprint density at radius 1 is 0.591 bits per heavy atom. The first-order valence-corrected chi connectivity index (χ1v) is 9.12. The zero-order valence-electron chi connectivity index (χ0n) is 11.6. The van der Waals surface area contributed by atoms with Crippen molar-refractivity contribution in [3.05, 3.63) is 69.6 Å². The number of benzene rings is 4. The van der Waals surface area contributed by atoms with Gasteiger partial charge in [-0.2, -0.15) is 0 Å². The predicted octanol–water partition coefficient (Wildman–Crippen LogP) is 6.97. The molecule has 0 atom stereocenters. The van der Waals surface area contributed by atoms with E-state index in [9.17, 15) is 0 Å². The SMILES string of the molecule is Ic1cc2c(ccc3c4cc5ccccc5cc4ccc23)s1. The van der Waals surface area contributed by atoms with Crippen LogP contribution in [0, 0.1) is 2.88 Å². The van der Waals surface area contributed by atoms with Crippen LogP contribution >= 0.6 is 33.9 Å². The molecule has 0 amide bonds. The Morgan fingerprint density at radius 3 is 2.18 bits per heavy atom. The fraction of sp³-hybridized carbons (Fsp3) is 0. The van der Waals surface area contributed by atoms with E-state index in [0.29, 0.717) is 0 Å². The van der Waals surface area contributed by atoms with E-state index in [-0.39, 0.29) is 0 Å². The Balaban J connectivity index is 2.01. The number of hydrogen-bond donors (Lipinski definition) is 0. The van der Waals surface area contributed by atoms with Crippen molar-refractivity contribution < 1.29 is 0 Å². The van der Waals surface area contributed by atoms with Crippen molar-refractivity contribution in [2.45, 2.75) is 0 Å². The van der Waals surface area contributed by atoms with Gasteiger partial charge in [-0.3, -0.25) is 0 Å². The second-order valence-electron chi connectivity index (χ2n) is 5.61. The molecule has 0 N–H and O–H groups in total. The normalized spacial score (nSPS) is 11.9. The molecule has 0 unspecified atom stereocenters. The first-order chi connectivity index (χ1) is 10.8. The van der Waals surface area contributed by atoms with Crippen LogP contribution < -0.4 is 0 Å². The lowest BCUT2D eigenvalue weighted by Gasteiger charge is -2.07. The summed E-state index contributed by atoms with van der Waals surface area (Å²) in [6.07, 6.45) is 0. The molecule has 0 saturated carbocycles. The van der Waals surface area contributed by atoms with Gasteiger partial charge in [0.2, 0.25) is 0 Å². The molecule has 5 aromatic rings. The lowest BCUT2D eigenvalue weighted by Crippen LogP contribution is -1.80. The number of halogens is 1. The van der Waals surface area contributed by atoms with Crippen molar-refractivity contribution in [3.63, 3.8) is 0 Å². The summed E-state index contributed by atoms with van der Waals surface area (Å²) >= 11 is 4.28. The fourth-order valence-electron chi connectivity index (χ4n) is 3.32. The maximum Gasteiger partial charge on any atom is 0.0666 e. The van der Waals surface area contributed by atoms with Crippen LogP contribution in [0.5, 0.6) is 0 Å². The van der Waals surface area contributed by atoms with Gasteiger partial charge in [-0.05, 0) is 79.2 Å². The second-order valence-corrected chi connectivity index (χ2v) is 8.59. The topological polar surface area (TPSA) is 0 Å². The minimum atomic E-state index is 1.31. The van der Waals surface area contributed by atoms with E-state index in [1.807, 2.05) is 11.3 Å². The van der Waals surface area contributed by atoms with Crippen molar-refractivity contribution in [1.82, 2.24) is 0 Å². The molecule has 0 bridgehead atoms. The predicted molar refractivity (Wildman–Crippen MR) is 107 cm³/mol. The van der Waals surface area contributed by atoms with Gasteiger partial charge in [0.15, 0.2) is 0 Å². The van der Waals surface area contributed by atoms with Crippen LogP contribution in [0.2, 0.25) is 0 Å². The Morgan fingerprint density at radius 2 is 1.32 bits per heavy atom. The van der Waals surface area contributed by atoms with Crippen molar-refractivity contribution in [2.24, 2.45) is 0 Å². The molecule has 1 heterocycles. The molecular formula is C20H11IS. The monoisotopic (exact) mass is 410 g/mol. The van der Waals surface area contributed by atoms with Crippen LogP contribution in [-0.2, 0) is 0 Å². The highest BCUT2D eigenvalue weighted by atomic mass is 127. The maximum atomic E-state index is 2.41. The molecule has 4 aromatic carbocycles. The quantitative estimate of drug-likeness (QED) is 0.147. The summed E-state index contributed by atoms with van der Waals surface area (Å²) in [4.78, 5) is 0. The summed E-state index contributed by atoms with van der Waals surface area (Å²) in [6.45, 7) is 0. The van der Waals surface area contributed by atoms with Crippen molar-refractivity contribution >= 4 is 76.3 Å². The van der Waals surface area contributed by atoms with Gasteiger partial charge in [-0.1, -0.05) is 42.5 Å². The molecule has 5 rings (SSSR count). The minimum Gasteiger partial charge on any atom is -0.129 e. The van der Waals surface area contributed by atoms with Gasteiger partial charge in [-0.25, -0.2) is 0 Å². The number of hydrogen-bond acceptors (Lipinski definition) is 1. The highest BCUT2D eigenvalue weighted by Gasteiger charge is 2.08. The van der Waals surface area contributed by atoms with Crippen molar-refractivity contribution in [1.29, 1.82) is 0 Å². The molecule has 0 aliphatic carbocycles. The first-order valence-electron chi connectivity index (χ1n) is 7.23. The number of fused-ring (bicyclic) bond motifs is 6. The second kappa shape index (κ2) is 4.67. The van der Waals surface area contributed by atoms with E-state index in [1.165, 1.54) is 45.3 Å². The Labute approximate surface area is 145 Å². The fourth-order valence-corrected chi connectivity index (χ4v) is 5.14. The molecule has 104 valence electrons. The van der Waals surface area contributed by atoms with Crippen LogP contribution in [0.15, 0.2) is 66.7 Å². The smallest absolute Gasteiger partial charge is 0.0666 e. The lowest BCUT2D eigenvalue weighted by molar-refractivity contribution is 1.79. The number of rotatable bonds is 0. The van der Waals surface area contributed by atoms with Gasteiger partial charge in [0.05, 0.1) is 2.88 Å². The molecule has 0 nitrogen and oxygen atoms in total. The summed E-state index contributed by atoms with van der Waals surface area (Å²) < 4.78 is 2.72. The Kier molecular flexibility index (Phi) is 2.73. The third kappa shape index (κ3) is 1.80. The molecule has 0 aliphatic heterocycles. The van der Waals surface area contributed by atoms with Crippen LogP contribution in [0.25, 0.3) is 42.4 Å². The Hall–Kier alpha value is -1.65. The van der Waals surface area contributed by atoms with Gasteiger partial charge < -0.3 is 0 Å². The van der Waals surface area contributed by atoms with Gasteiger partial charge in [-0.15, -0.1) is 11.3 Å². The van der Waals surface area contributed by atoms with Gasteiger partial charge in [0, 0.05) is 10.1 Å². The van der Waals surface area contributed by atoms with E-state index in [4.69, 9.17) is 0 Å². The standard InChI is InChI=1S/C20H11IS/c21-20-11-18-16-6-5-14-9-12-3-1-2-4-13(12)10-17(14)15(16)7-8-19(18)22-20/h1-11H. The van der Waals surface area contributed by atoms with E-state index in [1.54, 1.807) is 0 Å². The lowest BCUT2D eigenvalue weighted by atomic mass is 9.97. The maximum absolute atomic E-state index is 2.41. The molecule has 0 radical (unpaired) electrons. The summed E-state index contributed by atoms with van der Waals surface area (Å²) in [5, 5.41) is 9.36. The first kappa shape index (κ1) is 12.9. The van der Waals surface area contributed by atoms with Crippen LogP contribution in [-0.4, -0.2) is 0 Å². The van der Waals surface area contributed by atoms with Crippen molar-refractivity contribution in [2.75, 3.05) is 0 Å². The zero-order chi connectivity index (χ0) is 14.7. The van der Waals surface area contributed by atoms with Crippen LogP contribution in [0.4, 0.5) is 0 Å². The molecular weight excluding hydrogens is 399 g/mol. The average molecular weight is 410 g/mol. The molecule has 22 heavy (non-hydrogen) atoms. The zero-order valence-corrected chi connectivity index (χ0v) is 14.6. The van der Waals surface area contributed by atoms with Crippen molar-refractivity contribution in [3.8, 4) is 0 Å². The molecule has 0 spiro atoms. The summed E-state index contributed by atoms with van der Waals surface area (Å²) in [7, 11) is 0. The van der Waals surface area contributed by atoms with E-state index >= 15 is 0 Å². The van der Waals surface area contributed by atoms with E-state index in [2.05, 4.69) is 89.3 Å². The summed E-state index contributed by atoms with van der Waals surface area (Å²) in [5.74, 6) is 0. The third-order valence-corrected chi connectivity index (χ3v) is 6.21. The van der Waals surface area contributed by atoms with E-state index < -0.39 is 0 Å². The van der Waals surface area contributed by atoms with Crippen LogP contribution in [0.3, 0.4) is 0 Å². The Bertz CT molecular complexity index is 1180. The van der Waals surface area contributed by atoms with E-state index in [0.717, 1.165) is 0 Å². The van der Waals surface area contributed by atoms with Gasteiger partial charge in [0.1, 0.15) is 0 Å². The largest absolute Gasteiger partial charge is 0.129 e. The van der Waals surface area contributed by atoms with Gasteiger partial charge >= 0.3 is 0 Å². The molecule has 1 aromatic heterocycles. The molecule has 2 heteroatoms.